The minimum absolute atomic E-state index is 0.235. The minimum Gasteiger partial charge on any atom is -0.371 e. The lowest BCUT2D eigenvalue weighted by atomic mass is 9.86. The average molecular weight is 251 g/mol. The van der Waals surface area contributed by atoms with E-state index in [0.717, 1.165) is 31.4 Å². The Kier molecular flexibility index (Phi) is 5.32. The first-order valence-corrected chi connectivity index (χ1v) is 6.51. The Morgan fingerprint density at radius 1 is 1.28 bits per heavy atom. The fraction of sp³-hybridized carbons (Fsp3) is 0.533. The van der Waals surface area contributed by atoms with Crippen LogP contribution in [0.2, 0.25) is 0 Å². The molecule has 0 aromatic heterocycles. The third-order valence-corrected chi connectivity index (χ3v) is 3.23. The van der Waals surface area contributed by atoms with Crippen molar-refractivity contribution >= 4 is 12.0 Å². The van der Waals surface area contributed by atoms with Gasteiger partial charge in [0.25, 0.3) is 0 Å². The van der Waals surface area contributed by atoms with E-state index >= 15 is 0 Å². The van der Waals surface area contributed by atoms with Gasteiger partial charge in [0, 0.05) is 24.2 Å². The highest BCUT2D eigenvalue weighted by molar-refractivity contribution is 5.61. The molecule has 1 rings (SSSR count). The molecular formula is C15H22FNO. The second kappa shape index (κ2) is 6.53. The first-order chi connectivity index (χ1) is 8.54. The number of hydrogen-bond donors (Lipinski definition) is 0. The van der Waals surface area contributed by atoms with Crippen LogP contribution in [0, 0.1) is 11.2 Å². The lowest BCUT2D eigenvalue weighted by Crippen LogP contribution is -2.37. The van der Waals surface area contributed by atoms with Crippen LogP contribution in [0.15, 0.2) is 24.3 Å². The van der Waals surface area contributed by atoms with Crippen molar-refractivity contribution in [3.05, 3.63) is 30.1 Å². The van der Waals surface area contributed by atoms with Crippen molar-refractivity contribution < 1.29 is 9.18 Å². The summed E-state index contributed by atoms with van der Waals surface area (Å²) in [6.07, 6.45) is 2.90. The smallest absolute Gasteiger partial charge is 0.127 e. The molecule has 3 heteroatoms. The number of carbonyl (C=O) groups is 1. The molecule has 1 aromatic rings. The van der Waals surface area contributed by atoms with E-state index in [9.17, 15) is 9.18 Å². The molecule has 0 bridgehead atoms. The van der Waals surface area contributed by atoms with Crippen LogP contribution >= 0.6 is 0 Å². The molecule has 0 saturated carbocycles. The molecule has 0 saturated heterocycles. The lowest BCUT2D eigenvalue weighted by Gasteiger charge is -2.32. The molecule has 0 aliphatic rings. The molecule has 100 valence electrons. The zero-order valence-corrected chi connectivity index (χ0v) is 11.4. The van der Waals surface area contributed by atoms with E-state index in [0.29, 0.717) is 6.54 Å². The summed E-state index contributed by atoms with van der Waals surface area (Å²) in [6.45, 7) is 7.58. The SMILES string of the molecule is CCCC(C)(C=O)CN(CC)c1ccc(F)cc1. The van der Waals surface area contributed by atoms with Crippen LogP contribution in [0.5, 0.6) is 0 Å². The third kappa shape index (κ3) is 3.83. The van der Waals surface area contributed by atoms with Crippen LogP contribution in [0.25, 0.3) is 0 Å². The zero-order chi connectivity index (χ0) is 13.6. The van der Waals surface area contributed by atoms with Gasteiger partial charge in [0.2, 0.25) is 0 Å². The van der Waals surface area contributed by atoms with Crippen LogP contribution in [0.1, 0.15) is 33.6 Å². The fourth-order valence-electron chi connectivity index (χ4n) is 2.22. The summed E-state index contributed by atoms with van der Waals surface area (Å²) in [6, 6.07) is 6.43. The quantitative estimate of drug-likeness (QED) is 0.689. The topological polar surface area (TPSA) is 20.3 Å². The predicted molar refractivity (Wildman–Crippen MR) is 73.4 cm³/mol. The summed E-state index contributed by atoms with van der Waals surface area (Å²) in [7, 11) is 0. The summed E-state index contributed by atoms with van der Waals surface area (Å²) in [5, 5.41) is 0. The Morgan fingerprint density at radius 3 is 2.33 bits per heavy atom. The van der Waals surface area contributed by atoms with Gasteiger partial charge in [0.1, 0.15) is 12.1 Å². The maximum Gasteiger partial charge on any atom is 0.127 e. The first kappa shape index (κ1) is 14.7. The highest BCUT2D eigenvalue weighted by atomic mass is 19.1. The lowest BCUT2D eigenvalue weighted by molar-refractivity contribution is -0.115. The normalized spacial score (nSPS) is 14.0. The van der Waals surface area contributed by atoms with Crippen molar-refractivity contribution in [2.45, 2.75) is 33.6 Å². The number of hydrogen-bond acceptors (Lipinski definition) is 2. The Labute approximate surface area is 109 Å². The molecule has 0 heterocycles. The average Bonchev–Trinajstić information content (AvgIpc) is 2.37. The second-order valence-corrected chi connectivity index (χ2v) is 5.01. The molecule has 1 aromatic carbocycles. The fourth-order valence-corrected chi connectivity index (χ4v) is 2.22. The van der Waals surface area contributed by atoms with Gasteiger partial charge in [-0.15, -0.1) is 0 Å². The Bertz CT molecular complexity index is 377. The highest BCUT2D eigenvalue weighted by Gasteiger charge is 2.25. The third-order valence-electron chi connectivity index (χ3n) is 3.23. The number of rotatable bonds is 7. The second-order valence-electron chi connectivity index (χ2n) is 5.01. The molecule has 1 unspecified atom stereocenters. The molecule has 0 aliphatic carbocycles. The van der Waals surface area contributed by atoms with Gasteiger partial charge in [-0.2, -0.15) is 0 Å². The molecule has 18 heavy (non-hydrogen) atoms. The van der Waals surface area contributed by atoms with Gasteiger partial charge < -0.3 is 9.69 Å². The van der Waals surface area contributed by atoms with E-state index in [-0.39, 0.29) is 11.2 Å². The zero-order valence-electron chi connectivity index (χ0n) is 11.4. The van der Waals surface area contributed by atoms with Gasteiger partial charge >= 0.3 is 0 Å². The van der Waals surface area contributed by atoms with E-state index in [2.05, 4.69) is 11.8 Å². The van der Waals surface area contributed by atoms with Crippen LogP contribution < -0.4 is 4.90 Å². The largest absolute Gasteiger partial charge is 0.371 e. The van der Waals surface area contributed by atoms with Gasteiger partial charge in [-0.3, -0.25) is 0 Å². The van der Waals surface area contributed by atoms with Crippen molar-refractivity contribution in [3.8, 4) is 0 Å². The predicted octanol–water partition coefficient (Wildman–Crippen LogP) is 3.66. The van der Waals surface area contributed by atoms with E-state index in [1.165, 1.54) is 12.1 Å². The van der Waals surface area contributed by atoms with Crippen LogP contribution in [-0.2, 0) is 4.79 Å². The molecule has 0 spiro atoms. The number of halogens is 1. The van der Waals surface area contributed by atoms with Crippen molar-refractivity contribution in [1.82, 2.24) is 0 Å². The molecule has 0 radical (unpaired) electrons. The molecule has 2 nitrogen and oxygen atoms in total. The Morgan fingerprint density at radius 2 is 1.89 bits per heavy atom. The van der Waals surface area contributed by atoms with E-state index in [1.807, 2.05) is 13.8 Å². The number of nitrogens with zero attached hydrogens (tertiary/aromatic N) is 1. The number of benzene rings is 1. The summed E-state index contributed by atoms with van der Waals surface area (Å²) in [4.78, 5) is 13.4. The molecule has 0 N–H and O–H groups in total. The highest BCUT2D eigenvalue weighted by Crippen LogP contribution is 2.25. The molecule has 0 fully saturated rings. The van der Waals surface area contributed by atoms with Crippen molar-refractivity contribution in [2.75, 3.05) is 18.0 Å². The van der Waals surface area contributed by atoms with E-state index < -0.39 is 0 Å². The van der Waals surface area contributed by atoms with Crippen molar-refractivity contribution in [1.29, 1.82) is 0 Å². The van der Waals surface area contributed by atoms with Gasteiger partial charge in [0.15, 0.2) is 0 Å². The molecule has 0 amide bonds. The summed E-state index contributed by atoms with van der Waals surface area (Å²) in [5.41, 5.74) is 0.627. The summed E-state index contributed by atoms with van der Waals surface area (Å²) >= 11 is 0. The Balaban J connectivity index is 2.83. The molecular weight excluding hydrogens is 229 g/mol. The minimum atomic E-state index is -0.334. The van der Waals surface area contributed by atoms with E-state index in [4.69, 9.17) is 0 Å². The molecule has 0 aliphatic heterocycles. The van der Waals surface area contributed by atoms with Gasteiger partial charge in [-0.25, -0.2) is 4.39 Å². The van der Waals surface area contributed by atoms with Crippen molar-refractivity contribution in [2.24, 2.45) is 5.41 Å². The van der Waals surface area contributed by atoms with Gasteiger partial charge in [-0.1, -0.05) is 20.3 Å². The first-order valence-electron chi connectivity index (χ1n) is 6.51. The monoisotopic (exact) mass is 251 g/mol. The number of carbonyl (C=O) groups excluding carboxylic acids is 1. The van der Waals surface area contributed by atoms with Crippen LogP contribution in [0.4, 0.5) is 10.1 Å². The van der Waals surface area contributed by atoms with Crippen LogP contribution in [-0.4, -0.2) is 19.4 Å². The summed E-state index contributed by atoms with van der Waals surface area (Å²) in [5.74, 6) is -0.235. The Hall–Kier alpha value is -1.38. The van der Waals surface area contributed by atoms with Gasteiger partial charge in [-0.05, 0) is 37.6 Å². The van der Waals surface area contributed by atoms with E-state index in [1.54, 1.807) is 12.1 Å². The maximum atomic E-state index is 12.9. The number of aldehydes is 1. The number of anilines is 1. The van der Waals surface area contributed by atoms with Crippen molar-refractivity contribution in [3.63, 3.8) is 0 Å². The molecule has 1 atom stereocenters. The van der Waals surface area contributed by atoms with Gasteiger partial charge in [0.05, 0.1) is 0 Å². The van der Waals surface area contributed by atoms with Crippen LogP contribution in [0.3, 0.4) is 0 Å². The summed E-state index contributed by atoms with van der Waals surface area (Å²) < 4.78 is 12.9. The standard InChI is InChI=1S/C15H22FNO/c1-4-10-15(3,12-18)11-17(5-2)14-8-6-13(16)7-9-14/h6-9,12H,4-5,10-11H2,1-3H3. The maximum absolute atomic E-state index is 12.9.